The lowest BCUT2D eigenvalue weighted by Gasteiger charge is -2.34. The molecule has 0 amide bonds. The van der Waals surface area contributed by atoms with Crippen molar-refractivity contribution in [2.24, 2.45) is 0 Å². The molecule has 3 rings (SSSR count). The summed E-state index contributed by atoms with van der Waals surface area (Å²) in [5.41, 5.74) is 1.14. The van der Waals surface area contributed by atoms with Crippen LogP contribution in [0.15, 0.2) is 23.1 Å². The molecule has 1 saturated heterocycles. The summed E-state index contributed by atoms with van der Waals surface area (Å²) in [5, 5.41) is 3.75. The molecule has 20 heavy (non-hydrogen) atoms. The molecule has 0 bridgehead atoms. The first-order valence-corrected chi connectivity index (χ1v) is 8.54. The molecule has 1 aromatic rings. The van der Waals surface area contributed by atoms with E-state index in [0.29, 0.717) is 18.2 Å². The van der Waals surface area contributed by atoms with E-state index >= 15 is 0 Å². The van der Waals surface area contributed by atoms with Crippen molar-refractivity contribution in [1.29, 1.82) is 0 Å². The Morgan fingerprint density at radius 2 is 2.30 bits per heavy atom. The van der Waals surface area contributed by atoms with Crippen LogP contribution < -0.4 is 5.32 Å². The Bertz CT molecular complexity index is 468. The average Bonchev–Trinajstić information content (AvgIpc) is 2.48. The zero-order valence-electron chi connectivity index (χ0n) is 11.9. The molecule has 1 aromatic carbocycles. The second kappa shape index (κ2) is 6.46. The molecule has 0 radical (unpaired) electrons. The minimum Gasteiger partial charge on any atom is -0.378 e. The first-order chi connectivity index (χ1) is 9.76. The Hall–Kier alpha value is -0.580. The molecule has 1 N–H and O–H groups in total. The molecule has 2 aliphatic rings. The zero-order valence-corrected chi connectivity index (χ0v) is 12.7. The van der Waals surface area contributed by atoms with Crippen molar-refractivity contribution >= 4 is 11.8 Å². The van der Waals surface area contributed by atoms with Gasteiger partial charge in [0.05, 0.1) is 6.10 Å². The fourth-order valence-electron chi connectivity index (χ4n) is 3.14. The molecule has 110 valence electrons. The Morgan fingerprint density at radius 1 is 1.40 bits per heavy atom. The summed E-state index contributed by atoms with van der Waals surface area (Å²) in [6.07, 6.45) is 4.67. The molecule has 3 atom stereocenters. The minimum atomic E-state index is -0.128. The molecular weight excluding hydrogens is 273 g/mol. The van der Waals surface area contributed by atoms with Crippen LogP contribution in [0.4, 0.5) is 4.39 Å². The van der Waals surface area contributed by atoms with E-state index in [1.807, 2.05) is 17.8 Å². The number of benzene rings is 1. The van der Waals surface area contributed by atoms with Crippen molar-refractivity contribution in [2.75, 3.05) is 12.4 Å². The van der Waals surface area contributed by atoms with E-state index in [4.69, 9.17) is 4.74 Å². The van der Waals surface area contributed by atoms with Gasteiger partial charge in [0.15, 0.2) is 0 Å². The maximum Gasteiger partial charge on any atom is 0.123 e. The molecule has 4 heteroatoms. The quantitative estimate of drug-likeness (QED) is 0.913. The summed E-state index contributed by atoms with van der Waals surface area (Å²) in [4.78, 5) is 1.23. The van der Waals surface area contributed by atoms with Gasteiger partial charge in [-0.25, -0.2) is 4.39 Å². The SMILES string of the molecule is CCC1CC(NC2CCSc3ccc(F)cc32)CCO1. The normalized spacial score (nSPS) is 30.0. The second-order valence-corrected chi connectivity index (χ2v) is 6.80. The molecule has 0 saturated carbocycles. The first kappa shape index (κ1) is 14.4. The number of nitrogens with one attached hydrogen (secondary N) is 1. The van der Waals surface area contributed by atoms with Crippen molar-refractivity contribution in [3.8, 4) is 0 Å². The lowest BCUT2D eigenvalue weighted by molar-refractivity contribution is -0.00216. The molecular formula is C16H22FNOS. The number of rotatable bonds is 3. The Kier molecular flexibility index (Phi) is 4.64. The highest BCUT2D eigenvalue weighted by Gasteiger charge is 2.27. The highest BCUT2D eigenvalue weighted by Crippen LogP contribution is 2.37. The van der Waals surface area contributed by atoms with E-state index < -0.39 is 0 Å². The van der Waals surface area contributed by atoms with Crippen LogP contribution in [0.2, 0.25) is 0 Å². The van der Waals surface area contributed by atoms with Crippen molar-refractivity contribution in [1.82, 2.24) is 5.32 Å². The molecule has 2 nitrogen and oxygen atoms in total. The van der Waals surface area contributed by atoms with Crippen molar-refractivity contribution < 1.29 is 9.13 Å². The van der Waals surface area contributed by atoms with Crippen molar-refractivity contribution in [3.63, 3.8) is 0 Å². The van der Waals surface area contributed by atoms with Gasteiger partial charge >= 0.3 is 0 Å². The highest BCUT2D eigenvalue weighted by atomic mass is 32.2. The fourth-order valence-corrected chi connectivity index (χ4v) is 4.24. The van der Waals surface area contributed by atoms with Gasteiger partial charge < -0.3 is 10.1 Å². The Morgan fingerprint density at radius 3 is 3.15 bits per heavy atom. The third-order valence-corrected chi connectivity index (χ3v) is 5.39. The van der Waals surface area contributed by atoms with Gasteiger partial charge in [-0.3, -0.25) is 0 Å². The lowest BCUT2D eigenvalue weighted by Crippen LogP contribution is -2.41. The Labute approximate surface area is 124 Å². The number of thioether (sulfide) groups is 1. The van der Waals surface area contributed by atoms with Crippen molar-refractivity contribution in [2.45, 2.75) is 55.7 Å². The van der Waals surface area contributed by atoms with E-state index in [1.54, 1.807) is 12.1 Å². The highest BCUT2D eigenvalue weighted by molar-refractivity contribution is 7.99. The van der Waals surface area contributed by atoms with E-state index in [2.05, 4.69) is 12.2 Å². The predicted octanol–water partition coefficient (Wildman–Crippen LogP) is 3.91. The number of halogens is 1. The number of hydrogen-bond donors (Lipinski definition) is 1. The second-order valence-electron chi connectivity index (χ2n) is 5.66. The van der Waals surface area contributed by atoms with Gasteiger partial charge in [0.25, 0.3) is 0 Å². The van der Waals surface area contributed by atoms with Crippen LogP contribution in [0.3, 0.4) is 0 Å². The van der Waals surface area contributed by atoms with Gasteiger partial charge in [-0.15, -0.1) is 11.8 Å². The van der Waals surface area contributed by atoms with Gasteiger partial charge in [-0.1, -0.05) is 6.92 Å². The van der Waals surface area contributed by atoms with Crippen LogP contribution in [-0.2, 0) is 4.74 Å². The van der Waals surface area contributed by atoms with Crippen LogP contribution in [0.25, 0.3) is 0 Å². The van der Waals surface area contributed by atoms with E-state index in [-0.39, 0.29) is 5.82 Å². The number of fused-ring (bicyclic) bond motifs is 1. The smallest absolute Gasteiger partial charge is 0.123 e. The van der Waals surface area contributed by atoms with Crippen LogP contribution in [0.1, 0.15) is 44.2 Å². The standard InChI is InChI=1S/C16H22FNOS/c1-2-13-10-12(5-7-19-13)18-15-6-8-20-16-4-3-11(17)9-14(15)16/h3-4,9,12-13,15,18H,2,5-8,10H2,1H3. The lowest BCUT2D eigenvalue weighted by atomic mass is 9.97. The average molecular weight is 295 g/mol. The maximum atomic E-state index is 13.5. The largest absolute Gasteiger partial charge is 0.378 e. The van der Waals surface area contributed by atoms with Gasteiger partial charge in [0.2, 0.25) is 0 Å². The summed E-state index contributed by atoms with van der Waals surface area (Å²) in [5.74, 6) is 0.980. The molecule has 0 aliphatic carbocycles. The topological polar surface area (TPSA) is 21.3 Å². The summed E-state index contributed by atoms with van der Waals surface area (Å²) in [7, 11) is 0. The van der Waals surface area contributed by atoms with Gasteiger partial charge in [-0.2, -0.15) is 0 Å². The van der Waals surface area contributed by atoms with Gasteiger partial charge in [0, 0.05) is 23.6 Å². The van der Waals surface area contributed by atoms with E-state index in [0.717, 1.165) is 43.6 Å². The maximum absolute atomic E-state index is 13.5. The number of hydrogen-bond acceptors (Lipinski definition) is 3. The summed E-state index contributed by atoms with van der Waals surface area (Å²) in [6.45, 7) is 3.02. The van der Waals surface area contributed by atoms with Gasteiger partial charge in [-0.05, 0) is 55.2 Å². The van der Waals surface area contributed by atoms with Crippen LogP contribution in [0, 0.1) is 5.82 Å². The zero-order chi connectivity index (χ0) is 13.9. The monoisotopic (exact) mass is 295 g/mol. The van der Waals surface area contributed by atoms with Crippen molar-refractivity contribution in [3.05, 3.63) is 29.6 Å². The van der Waals surface area contributed by atoms with E-state index in [1.165, 1.54) is 4.90 Å². The number of ether oxygens (including phenoxy) is 1. The van der Waals surface area contributed by atoms with Crippen LogP contribution in [0.5, 0.6) is 0 Å². The molecule has 2 aliphatic heterocycles. The predicted molar refractivity (Wildman–Crippen MR) is 80.7 cm³/mol. The van der Waals surface area contributed by atoms with Gasteiger partial charge in [0.1, 0.15) is 5.82 Å². The minimum absolute atomic E-state index is 0.128. The molecule has 1 fully saturated rings. The van der Waals surface area contributed by atoms with Crippen LogP contribution in [-0.4, -0.2) is 24.5 Å². The molecule has 0 aromatic heterocycles. The summed E-state index contributed by atoms with van der Waals surface area (Å²) >= 11 is 1.84. The molecule has 3 unspecified atom stereocenters. The third-order valence-electron chi connectivity index (χ3n) is 4.27. The molecule has 2 heterocycles. The third kappa shape index (κ3) is 3.18. The summed E-state index contributed by atoms with van der Waals surface area (Å²) < 4.78 is 19.2. The fraction of sp³-hybridized carbons (Fsp3) is 0.625. The van der Waals surface area contributed by atoms with Crippen LogP contribution >= 0.6 is 11.8 Å². The molecule has 0 spiro atoms. The summed E-state index contributed by atoms with van der Waals surface area (Å²) in [6, 6.07) is 5.98. The first-order valence-electron chi connectivity index (χ1n) is 7.56. The Balaban J connectivity index is 1.71. The van der Waals surface area contributed by atoms with E-state index in [9.17, 15) is 4.39 Å².